The molecule has 0 spiro atoms. The first-order valence-corrected chi connectivity index (χ1v) is 11.1. The normalized spacial score (nSPS) is 18.2. The number of hydrogen-bond acceptors (Lipinski definition) is 4. The minimum Gasteiger partial charge on any atom is -0.336 e. The predicted octanol–water partition coefficient (Wildman–Crippen LogP) is 4.13. The fourth-order valence-electron chi connectivity index (χ4n) is 4.36. The van der Waals surface area contributed by atoms with Crippen LogP contribution in [0.1, 0.15) is 53.2 Å². The van der Waals surface area contributed by atoms with Crippen molar-refractivity contribution in [1.82, 2.24) is 14.7 Å². The smallest absolute Gasteiger partial charge is 0.274 e. The first kappa shape index (κ1) is 21.3. The van der Waals surface area contributed by atoms with Crippen molar-refractivity contribution in [3.8, 4) is 23.0 Å². The molecule has 168 valence electrons. The van der Waals surface area contributed by atoms with Gasteiger partial charge >= 0.3 is 0 Å². The van der Waals surface area contributed by atoms with Gasteiger partial charge in [-0.3, -0.25) is 4.79 Å². The minimum atomic E-state index is -0.692. The molecule has 1 aromatic heterocycles. The standard InChI is InChI=1S/C25H23F2N5O/c26-20-11-17(5-6-18(20)13-28)24-12-22(25(33)31-9-1-2-19(29)14-31)30-32(24)23-8-7-16(10-21(23)27)15-3-4-15/h5-8,10-12,15,19H,1-4,9,14,29H2/t19-/m1/s1. The van der Waals surface area contributed by atoms with Gasteiger partial charge in [0.25, 0.3) is 5.91 Å². The van der Waals surface area contributed by atoms with Crippen molar-refractivity contribution in [2.45, 2.75) is 37.6 Å². The molecule has 1 aliphatic heterocycles. The van der Waals surface area contributed by atoms with Crippen LogP contribution in [0.3, 0.4) is 0 Å². The van der Waals surface area contributed by atoms with Gasteiger partial charge in [-0.25, -0.2) is 13.5 Å². The average molecular weight is 447 g/mol. The fourth-order valence-corrected chi connectivity index (χ4v) is 4.36. The third-order valence-corrected chi connectivity index (χ3v) is 6.31. The van der Waals surface area contributed by atoms with E-state index >= 15 is 4.39 Å². The molecule has 1 aliphatic carbocycles. The molecule has 2 heterocycles. The molecule has 5 rings (SSSR count). The molecule has 2 aromatic carbocycles. The van der Waals surface area contributed by atoms with Gasteiger partial charge < -0.3 is 10.6 Å². The molecule has 6 nitrogen and oxygen atoms in total. The lowest BCUT2D eigenvalue weighted by Gasteiger charge is -2.30. The Labute approximate surface area is 190 Å². The summed E-state index contributed by atoms with van der Waals surface area (Å²) in [6.45, 7) is 1.00. The Morgan fingerprint density at radius 2 is 1.91 bits per heavy atom. The second-order valence-corrected chi connectivity index (χ2v) is 8.77. The number of nitriles is 1. The zero-order valence-corrected chi connectivity index (χ0v) is 18.0. The van der Waals surface area contributed by atoms with Crippen LogP contribution in [-0.4, -0.2) is 39.7 Å². The number of likely N-dealkylation sites (tertiary alicyclic amines) is 1. The lowest BCUT2D eigenvalue weighted by Crippen LogP contribution is -2.45. The van der Waals surface area contributed by atoms with Crippen LogP contribution in [0.2, 0.25) is 0 Å². The van der Waals surface area contributed by atoms with Crippen LogP contribution < -0.4 is 5.73 Å². The van der Waals surface area contributed by atoms with E-state index in [1.165, 1.54) is 28.9 Å². The number of halogens is 2. The number of carbonyl (C=O) groups is 1. The maximum Gasteiger partial charge on any atom is 0.274 e. The third kappa shape index (κ3) is 4.12. The van der Waals surface area contributed by atoms with Crippen molar-refractivity contribution >= 4 is 5.91 Å². The van der Waals surface area contributed by atoms with Crippen LogP contribution in [-0.2, 0) is 0 Å². The van der Waals surface area contributed by atoms with Crippen molar-refractivity contribution < 1.29 is 13.6 Å². The summed E-state index contributed by atoms with van der Waals surface area (Å²) in [4.78, 5) is 14.8. The van der Waals surface area contributed by atoms with Crippen LogP contribution in [0, 0.1) is 23.0 Å². The Bertz CT molecular complexity index is 1270. The van der Waals surface area contributed by atoms with Crippen LogP contribution in [0.15, 0.2) is 42.5 Å². The number of amides is 1. The molecule has 1 saturated carbocycles. The first-order chi connectivity index (χ1) is 15.9. The molecule has 33 heavy (non-hydrogen) atoms. The van der Waals surface area contributed by atoms with Gasteiger partial charge in [0, 0.05) is 24.7 Å². The highest BCUT2D eigenvalue weighted by molar-refractivity contribution is 5.93. The number of carbonyl (C=O) groups excluding carboxylic acids is 1. The van der Waals surface area contributed by atoms with Crippen molar-refractivity contribution in [3.05, 3.63) is 70.9 Å². The van der Waals surface area contributed by atoms with Gasteiger partial charge in [-0.15, -0.1) is 0 Å². The first-order valence-electron chi connectivity index (χ1n) is 11.1. The molecule has 0 unspecified atom stereocenters. The molecular formula is C25H23F2N5O. The van der Waals surface area contributed by atoms with E-state index in [1.807, 2.05) is 6.07 Å². The Morgan fingerprint density at radius 1 is 1.09 bits per heavy atom. The van der Waals surface area contributed by atoms with Gasteiger partial charge in [0.05, 0.1) is 11.3 Å². The van der Waals surface area contributed by atoms with Gasteiger partial charge in [-0.2, -0.15) is 10.4 Å². The van der Waals surface area contributed by atoms with E-state index < -0.39 is 11.6 Å². The molecule has 2 fully saturated rings. The zero-order chi connectivity index (χ0) is 23.1. The lowest BCUT2D eigenvalue weighted by atomic mass is 10.1. The van der Waals surface area contributed by atoms with Crippen molar-refractivity contribution in [2.75, 3.05) is 13.1 Å². The molecular weight excluding hydrogens is 424 g/mol. The number of nitrogens with two attached hydrogens (primary N) is 1. The Kier molecular flexibility index (Phi) is 5.43. The quantitative estimate of drug-likeness (QED) is 0.651. The van der Waals surface area contributed by atoms with Crippen LogP contribution in [0.5, 0.6) is 0 Å². The highest BCUT2D eigenvalue weighted by Gasteiger charge is 2.28. The summed E-state index contributed by atoms with van der Waals surface area (Å²) < 4.78 is 30.9. The average Bonchev–Trinajstić information content (AvgIpc) is 3.57. The topological polar surface area (TPSA) is 87.9 Å². The van der Waals surface area contributed by atoms with Crippen molar-refractivity contribution in [1.29, 1.82) is 5.26 Å². The number of benzene rings is 2. The van der Waals surface area contributed by atoms with E-state index in [9.17, 15) is 9.18 Å². The molecule has 1 amide bonds. The summed E-state index contributed by atoms with van der Waals surface area (Å²) in [7, 11) is 0. The number of hydrogen-bond donors (Lipinski definition) is 1. The Hall–Kier alpha value is -3.57. The summed E-state index contributed by atoms with van der Waals surface area (Å²) >= 11 is 0. The van der Waals surface area contributed by atoms with E-state index in [-0.39, 0.29) is 28.9 Å². The molecule has 0 radical (unpaired) electrons. The monoisotopic (exact) mass is 447 g/mol. The van der Waals surface area contributed by atoms with Gasteiger partial charge in [-0.05, 0) is 67.5 Å². The van der Waals surface area contributed by atoms with E-state index in [1.54, 1.807) is 23.1 Å². The molecule has 3 aromatic rings. The van der Waals surface area contributed by atoms with Gasteiger partial charge in [0.2, 0.25) is 0 Å². The van der Waals surface area contributed by atoms with E-state index in [4.69, 9.17) is 11.0 Å². The maximum absolute atomic E-state index is 15.1. The summed E-state index contributed by atoms with van der Waals surface area (Å²) in [6.07, 6.45) is 3.75. The van der Waals surface area contributed by atoms with E-state index in [0.717, 1.165) is 31.2 Å². The highest BCUT2D eigenvalue weighted by atomic mass is 19.1. The maximum atomic E-state index is 15.1. The largest absolute Gasteiger partial charge is 0.336 e. The summed E-state index contributed by atoms with van der Waals surface area (Å²) in [5, 5.41) is 13.5. The SMILES string of the molecule is N#Cc1ccc(-c2cc(C(=O)N3CCC[C@@H](N)C3)nn2-c2ccc(C3CC3)cc2F)cc1F. The highest BCUT2D eigenvalue weighted by Crippen LogP contribution is 2.41. The molecule has 2 aliphatic rings. The van der Waals surface area contributed by atoms with Crippen molar-refractivity contribution in [3.63, 3.8) is 0 Å². The van der Waals surface area contributed by atoms with Crippen LogP contribution >= 0.6 is 0 Å². The van der Waals surface area contributed by atoms with Gasteiger partial charge in [0.1, 0.15) is 23.4 Å². The second-order valence-electron chi connectivity index (χ2n) is 8.77. The zero-order valence-electron chi connectivity index (χ0n) is 18.0. The number of nitrogens with zero attached hydrogens (tertiary/aromatic N) is 4. The summed E-state index contributed by atoms with van der Waals surface area (Å²) in [5.41, 5.74) is 7.93. The fraction of sp³-hybridized carbons (Fsp3) is 0.320. The number of piperidine rings is 1. The predicted molar refractivity (Wildman–Crippen MR) is 119 cm³/mol. The molecule has 0 bridgehead atoms. The van der Waals surface area contributed by atoms with E-state index in [0.29, 0.717) is 30.3 Å². The minimum absolute atomic E-state index is 0.0932. The molecule has 2 N–H and O–H groups in total. The van der Waals surface area contributed by atoms with E-state index in [2.05, 4.69) is 5.10 Å². The number of rotatable bonds is 4. The summed E-state index contributed by atoms with van der Waals surface area (Å²) in [5.74, 6) is -1.06. The Morgan fingerprint density at radius 3 is 2.58 bits per heavy atom. The van der Waals surface area contributed by atoms with Gasteiger partial charge in [0.15, 0.2) is 5.69 Å². The lowest BCUT2D eigenvalue weighted by molar-refractivity contribution is 0.0702. The molecule has 1 saturated heterocycles. The summed E-state index contributed by atoms with van der Waals surface area (Å²) in [6, 6.07) is 12.4. The Balaban J connectivity index is 1.60. The molecule has 8 heteroatoms. The molecule has 1 atom stereocenters. The van der Waals surface area contributed by atoms with Gasteiger partial charge in [-0.1, -0.05) is 12.1 Å². The van der Waals surface area contributed by atoms with Crippen molar-refractivity contribution in [2.24, 2.45) is 5.73 Å². The van der Waals surface area contributed by atoms with Crippen LogP contribution in [0.25, 0.3) is 16.9 Å². The number of aromatic nitrogens is 2. The van der Waals surface area contributed by atoms with Crippen LogP contribution in [0.4, 0.5) is 8.78 Å². The second kappa shape index (κ2) is 8.41. The third-order valence-electron chi connectivity index (χ3n) is 6.31.